The van der Waals surface area contributed by atoms with Gasteiger partial charge in [0.25, 0.3) is 0 Å². The summed E-state index contributed by atoms with van der Waals surface area (Å²) in [4.78, 5) is 24.4. The van der Waals surface area contributed by atoms with Crippen molar-refractivity contribution < 1.29 is 14.3 Å². The highest BCUT2D eigenvalue weighted by Crippen LogP contribution is 2.22. The van der Waals surface area contributed by atoms with E-state index >= 15 is 0 Å². The van der Waals surface area contributed by atoms with Crippen LogP contribution in [0.3, 0.4) is 0 Å². The van der Waals surface area contributed by atoms with Crippen LogP contribution in [0.2, 0.25) is 0 Å². The number of nitrogens with zero attached hydrogens (tertiary/aromatic N) is 1. The molecular formula is C11H21NO3. The van der Waals surface area contributed by atoms with E-state index in [9.17, 15) is 9.59 Å². The lowest BCUT2D eigenvalue weighted by Gasteiger charge is -2.27. The normalized spacial score (nSPS) is 11.0. The maximum Gasteiger partial charge on any atom is 0.325 e. The molecule has 0 aliphatic rings. The fraction of sp³-hybridized carbons (Fsp3) is 0.818. The van der Waals surface area contributed by atoms with Gasteiger partial charge in [-0.1, -0.05) is 20.8 Å². The third-order valence-electron chi connectivity index (χ3n) is 2.48. The van der Waals surface area contributed by atoms with E-state index in [1.807, 2.05) is 20.8 Å². The number of rotatable bonds is 5. The van der Waals surface area contributed by atoms with Crippen molar-refractivity contribution in [1.29, 1.82) is 0 Å². The number of likely N-dealkylation sites (N-methyl/N-ethyl adjacent to an activating group) is 1. The zero-order valence-corrected chi connectivity index (χ0v) is 10.3. The van der Waals surface area contributed by atoms with Crippen LogP contribution in [-0.2, 0) is 14.3 Å². The second kappa shape index (κ2) is 5.73. The van der Waals surface area contributed by atoms with Gasteiger partial charge in [0.15, 0.2) is 0 Å². The van der Waals surface area contributed by atoms with Gasteiger partial charge in [0.1, 0.15) is 6.54 Å². The van der Waals surface area contributed by atoms with E-state index in [0.29, 0.717) is 6.61 Å². The summed E-state index contributed by atoms with van der Waals surface area (Å²) in [5, 5.41) is 0. The van der Waals surface area contributed by atoms with E-state index in [2.05, 4.69) is 0 Å². The van der Waals surface area contributed by atoms with Gasteiger partial charge in [-0.2, -0.15) is 0 Å². The Labute approximate surface area is 91.6 Å². The van der Waals surface area contributed by atoms with Gasteiger partial charge in [-0.05, 0) is 13.3 Å². The molecule has 0 aromatic carbocycles. The van der Waals surface area contributed by atoms with E-state index in [1.54, 1.807) is 14.0 Å². The number of carbonyl (C=O) groups excluding carboxylic acids is 2. The monoisotopic (exact) mass is 215 g/mol. The highest BCUT2D eigenvalue weighted by molar-refractivity contribution is 5.85. The average molecular weight is 215 g/mol. The Balaban J connectivity index is 4.28. The van der Waals surface area contributed by atoms with Gasteiger partial charge in [-0.25, -0.2) is 0 Å². The minimum atomic E-state index is -0.415. The smallest absolute Gasteiger partial charge is 0.325 e. The molecule has 0 saturated heterocycles. The van der Waals surface area contributed by atoms with Crippen LogP contribution in [0.5, 0.6) is 0 Å². The molecule has 0 heterocycles. The molecule has 0 spiro atoms. The minimum absolute atomic E-state index is 0.0239. The van der Waals surface area contributed by atoms with E-state index in [-0.39, 0.29) is 18.4 Å². The minimum Gasteiger partial charge on any atom is -0.465 e. The van der Waals surface area contributed by atoms with E-state index in [1.165, 1.54) is 4.90 Å². The fourth-order valence-corrected chi connectivity index (χ4v) is 1.14. The molecule has 4 heteroatoms. The molecule has 0 aliphatic heterocycles. The number of hydrogen-bond acceptors (Lipinski definition) is 3. The van der Waals surface area contributed by atoms with Crippen molar-refractivity contribution in [2.75, 3.05) is 20.2 Å². The topological polar surface area (TPSA) is 46.6 Å². The van der Waals surface area contributed by atoms with E-state index < -0.39 is 5.41 Å². The first-order chi connectivity index (χ1) is 6.85. The molecule has 88 valence electrons. The number of carbonyl (C=O) groups is 2. The van der Waals surface area contributed by atoms with Crippen molar-refractivity contribution in [1.82, 2.24) is 4.90 Å². The van der Waals surface area contributed by atoms with Gasteiger partial charge < -0.3 is 9.64 Å². The lowest BCUT2D eigenvalue weighted by Crippen LogP contribution is -2.41. The first-order valence-corrected chi connectivity index (χ1v) is 5.26. The fourth-order valence-electron chi connectivity index (χ4n) is 1.14. The molecule has 0 aliphatic carbocycles. The molecule has 0 rings (SSSR count). The quantitative estimate of drug-likeness (QED) is 0.652. The maximum absolute atomic E-state index is 11.9. The highest BCUT2D eigenvalue weighted by atomic mass is 16.5. The number of ether oxygens (including phenoxy) is 1. The number of amides is 1. The summed E-state index contributed by atoms with van der Waals surface area (Å²) in [6, 6.07) is 0. The molecule has 0 aromatic heterocycles. The van der Waals surface area contributed by atoms with Crippen LogP contribution in [0.15, 0.2) is 0 Å². The van der Waals surface area contributed by atoms with Crippen molar-refractivity contribution >= 4 is 11.9 Å². The summed E-state index contributed by atoms with van der Waals surface area (Å²) in [6.45, 7) is 7.81. The largest absolute Gasteiger partial charge is 0.465 e. The predicted molar refractivity (Wildman–Crippen MR) is 58.3 cm³/mol. The first kappa shape index (κ1) is 13.9. The van der Waals surface area contributed by atoms with E-state index in [4.69, 9.17) is 4.74 Å². The summed E-state index contributed by atoms with van der Waals surface area (Å²) < 4.78 is 4.78. The van der Waals surface area contributed by atoms with Crippen LogP contribution >= 0.6 is 0 Å². The Morgan fingerprint density at radius 3 is 2.20 bits per heavy atom. The Bertz CT molecular complexity index is 236. The SMILES string of the molecule is CCOC(=O)CN(C)C(=O)C(C)(C)CC. The number of hydrogen-bond donors (Lipinski definition) is 0. The Kier molecular flexibility index (Phi) is 5.33. The van der Waals surface area contributed by atoms with Crippen molar-refractivity contribution in [3.05, 3.63) is 0 Å². The third-order valence-corrected chi connectivity index (χ3v) is 2.48. The molecule has 0 atom stereocenters. The summed E-state index contributed by atoms with van der Waals surface area (Å²) in [7, 11) is 1.62. The molecule has 0 saturated carbocycles. The first-order valence-electron chi connectivity index (χ1n) is 5.26. The summed E-state index contributed by atoms with van der Waals surface area (Å²) >= 11 is 0. The Hall–Kier alpha value is -1.06. The highest BCUT2D eigenvalue weighted by Gasteiger charge is 2.29. The molecule has 4 nitrogen and oxygen atoms in total. The maximum atomic E-state index is 11.9. The van der Waals surface area contributed by atoms with Crippen LogP contribution in [0.1, 0.15) is 34.1 Å². The Morgan fingerprint density at radius 1 is 1.27 bits per heavy atom. The molecule has 0 N–H and O–H groups in total. The lowest BCUT2D eigenvalue weighted by atomic mass is 9.89. The van der Waals surface area contributed by atoms with Crippen molar-refractivity contribution in [3.63, 3.8) is 0 Å². The van der Waals surface area contributed by atoms with Crippen LogP contribution in [-0.4, -0.2) is 37.0 Å². The van der Waals surface area contributed by atoms with Gasteiger partial charge >= 0.3 is 5.97 Å². The Morgan fingerprint density at radius 2 is 1.80 bits per heavy atom. The van der Waals surface area contributed by atoms with Crippen molar-refractivity contribution in [2.24, 2.45) is 5.41 Å². The van der Waals surface area contributed by atoms with Crippen LogP contribution < -0.4 is 0 Å². The predicted octanol–water partition coefficient (Wildman–Crippen LogP) is 1.44. The van der Waals surface area contributed by atoms with Crippen LogP contribution in [0.4, 0.5) is 0 Å². The summed E-state index contributed by atoms with van der Waals surface area (Å²) in [5.74, 6) is -0.390. The van der Waals surface area contributed by atoms with Crippen molar-refractivity contribution in [2.45, 2.75) is 34.1 Å². The van der Waals surface area contributed by atoms with Gasteiger partial charge in [0, 0.05) is 12.5 Å². The second-order valence-corrected chi connectivity index (χ2v) is 4.20. The van der Waals surface area contributed by atoms with Gasteiger partial charge in [-0.3, -0.25) is 9.59 Å². The zero-order valence-electron chi connectivity index (χ0n) is 10.3. The summed E-state index contributed by atoms with van der Waals surface area (Å²) in [6.07, 6.45) is 0.749. The molecule has 1 amide bonds. The molecule has 0 fully saturated rings. The van der Waals surface area contributed by atoms with E-state index in [0.717, 1.165) is 6.42 Å². The van der Waals surface area contributed by atoms with Crippen LogP contribution in [0, 0.1) is 5.41 Å². The molecule has 0 aromatic rings. The zero-order chi connectivity index (χ0) is 12.1. The second-order valence-electron chi connectivity index (χ2n) is 4.20. The summed E-state index contributed by atoms with van der Waals surface area (Å²) in [5.41, 5.74) is -0.415. The molecule has 0 unspecified atom stereocenters. The molecule has 0 bridgehead atoms. The van der Waals surface area contributed by atoms with Gasteiger partial charge in [0.05, 0.1) is 6.61 Å². The van der Waals surface area contributed by atoms with Crippen molar-refractivity contribution in [3.8, 4) is 0 Å². The molecule has 0 radical (unpaired) electrons. The lowest BCUT2D eigenvalue weighted by molar-refractivity contribution is -0.151. The third kappa shape index (κ3) is 4.32. The standard InChI is InChI=1S/C11H21NO3/c1-6-11(3,4)10(14)12(5)8-9(13)15-7-2/h6-8H2,1-5H3. The molecule has 15 heavy (non-hydrogen) atoms. The van der Waals surface area contributed by atoms with Gasteiger partial charge in [-0.15, -0.1) is 0 Å². The number of esters is 1. The molecular weight excluding hydrogens is 194 g/mol. The van der Waals surface area contributed by atoms with Crippen LogP contribution in [0.25, 0.3) is 0 Å². The average Bonchev–Trinajstić information content (AvgIpc) is 2.16. The van der Waals surface area contributed by atoms with Gasteiger partial charge in [0.2, 0.25) is 5.91 Å².